The summed E-state index contributed by atoms with van der Waals surface area (Å²) in [7, 11) is 0. The van der Waals surface area contributed by atoms with Gasteiger partial charge in [0.15, 0.2) is 0 Å². The lowest BCUT2D eigenvalue weighted by Gasteiger charge is -2.08. The van der Waals surface area contributed by atoms with Gasteiger partial charge in [-0.15, -0.1) is 0 Å². The molecule has 4 nitrogen and oxygen atoms in total. The fourth-order valence-electron chi connectivity index (χ4n) is 3.83. The fourth-order valence-corrected chi connectivity index (χ4v) is 4.04. The maximum Gasteiger partial charge on any atom is 0.306 e. The van der Waals surface area contributed by atoms with Crippen molar-refractivity contribution in [3.05, 3.63) is 34.6 Å². The number of carbonyl (C=O) groups is 2. The standard InChI is InChI=1S/C28H44ClFO4/c1-2-3-4-5-6-7-8-9-10-11-12-13-14-15-22-33-27(31)20-17-21-28(32)34-23-24-25(29)18-16-19-26(24)30/h16,18-19H,2-15,17,20-23H2,1H3. The van der Waals surface area contributed by atoms with E-state index < -0.39 is 11.8 Å². The predicted octanol–water partition coefficient (Wildman–Crippen LogP) is 8.72. The third kappa shape index (κ3) is 16.1. The van der Waals surface area contributed by atoms with E-state index in [0.717, 1.165) is 12.8 Å². The monoisotopic (exact) mass is 498 g/mol. The summed E-state index contributed by atoms with van der Waals surface area (Å²) in [4.78, 5) is 23.6. The summed E-state index contributed by atoms with van der Waals surface area (Å²) in [6.45, 7) is 2.48. The van der Waals surface area contributed by atoms with E-state index in [2.05, 4.69) is 6.92 Å². The van der Waals surface area contributed by atoms with Gasteiger partial charge in [0.05, 0.1) is 11.6 Å². The molecule has 0 unspecified atom stereocenters. The van der Waals surface area contributed by atoms with Gasteiger partial charge in [0.25, 0.3) is 0 Å². The van der Waals surface area contributed by atoms with E-state index in [4.69, 9.17) is 21.1 Å². The molecule has 1 aromatic rings. The Morgan fingerprint density at radius 3 is 1.76 bits per heavy atom. The van der Waals surface area contributed by atoms with Crippen molar-refractivity contribution in [2.45, 2.75) is 123 Å². The van der Waals surface area contributed by atoms with E-state index >= 15 is 0 Å². The first-order valence-corrected chi connectivity index (χ1v) is 13.7. The zero-order chi connectivity index (χ0) is 24.9. The Bertz CT molecular complexity index is 660. The van der Waals surface area contributed by atoms with Crippen molar-refractivity contribution in [2.24, 2.45) is 0 Å². The topological polar surface area (TPSA) is 52.6 Å². The molecule has 0 amide bonds. The minimum atomic E-state index is -0.507. The SMILES string of the molecule is CCCCCCCCCCCCCCCCOC(=O)CCCC(=O)OCc1c(F)cccc1Cl. The first-order chi connectivity index (χ1) is 16.5. The molecule has 0 aliphatic carbocycles. The summed E-state index contributed by atoms with van der Waals surface area (Å²) in [6, 6.07) is 4.30. The molecule has 0 aromatic heterocycles. The third-order valence-electron chi connectivity index (χ3n) is 5.96. The van der Waals surface area contributed by atoms with Gasteiger partial charge in [0.1, 0.15) is 12.4 Å². The van der Waals surface area contributed by atoms with Crippen molar-refractivity contribution >= 4 is 23.5 Å². The van der Waals surface area contributed by atoms with Gasteiger partial charge in [0.2, 0.25) is 0 Å². The van der Waals surface area contributed by atoms with E-state index in [1.165, 1.54) is 89.2 Å². The van der Waals surface area contributed by atoms with Crippen LogP contribution in [0.4, 0.5) is 4.39 Å². The molecular formula is C28H44ClFO4. The van der Waals surface area contributed by atoms with Gasteiger partial charge >= 0.3 is 11.9 Å². The second-order valence-corrected chi connectivity index (χ2v) is 9.44. The van der Waals surface area contributed by atoms with Crippen LogP contribution in [0.1, 0.15) is 122 Å². The Balaban J connectivity index is 1.88. The number of hydrogen-bond acceptors (Lipinski definition) is 4. The lowest BCUT2D eigenvalue weighted by molar-refractivity contribution is -0.146. The van der Waals surface area contributed by atoms with Crippen LogP contribution in [0, 0.1) is 5.82 Å². The van der Waals surface area contributed by atoms with E-state index in [0.29, 0.717) is 13.0 Å². The largest absolute Gasteiger partial charge is 0.466 e. The molecule has 1 aromatic carbocycles. The maximum absolute atomic E-state index is 13.7. The van der Waals surface area contributed by atoms with Crippen LogP contribution >= 0.6 is 11.6 Å². The summed E-state index contributed by atoms with van der Waals surface area (Å²) in [5.74, 6) is -1.29. The van der Waals surface area contributed by atoms with E-state index in [-0.39, 0.29) is 36.0 Å². The number of ether oxygens (including phenoxy) is 2. The number of benzene rings is 1. The van der Waals surface area contributed by atoms with Crippen LogP contribution < -0.4 is 0 Å². The second kappa shape index (κ2) is 20.7. The van der Waals surface area contributed by atoms with Crippen molar-refractivity contribution in [1.29, 1.82) is 0 Å². The molecule has 0 saturated carbocycles. The molecule has 0 saturated heterocycles. The van der Waals surface area contributed by atoms with Gasteiger partial charge < -0.3 is 9.47 Å². The van der Waals surface area contributed by atoms with Gasteiger partial charge in [-0.2, -0.15) is 0 Å². The highest BCUT2D eigenvalue weighted by atomic mass is 35.5. The second-order valence-electron chi connectivity index (χ2n) is 9.03. The smallest absolute Gasteiger partial charge is 0.306 e. The maximum atomic E-state index is 13.7. The highest BCUT2D eigenvalue weighted by Gasteiger charge is 2.11. The molecule has 0 fully saturated rings. The molecule has 0 bridgehead atoms. The highest BCUT2D eigenvalue weighted by Crippen LogP contribution is 2.20. The normalized spacial score (nSPS) is 10.9. The molecule has 0 aliphatic rings. The van der Waals surface area contributed by atoms with Crippen LogP contribution in [0.15, 0.2) is 18.2 Å². The minimum absolute atomic E-state index is 0.0834. The molecule has 0 N–H and O–H groups in total. The summed E-state index contributed by atoms with van der Waals surface area (Å²) in [6.07, 6.45) is 18.7. The average molecular weight is 499 g/mol. The van der Waals surface area contributed by atoms with E-state index in [1.807, 2.05) is 0 Å². The molecule has 0 spiro atoms. The summed E-state index contributed by atoms with van der Waals surface area (Å²) in [5, 5.41) is 0.222. The van der Waals surface area contributed by atoms with Crippen LogP contribution in [-0.2, 0) is 25.7 Å². The first kappa shape index (κ1) is 30.4. The minimum Gasteiger partial charge on any atom is -0.466 e. The number of esters is 2. The fraction of sp³-hybridized carbons (Fsp3) is 0.714. The van der Waals surface area contributed by atoms with Crippen molar-refractivity contribution < 1.29 is 23.5 Å². The van der Waals surface area contributed by atoms with Gasteiger partial charge in [-0.3, -0.25) is 9.59 Å². The van der Waals surface area contributed by atoms with Crippen molar-refractivity contribution in [1.82, 2.24) is 0 Å². The average Bonchev–Trinajstić information content (AvgIpc) is 2.81. The Labute approximate surface area is 210 Å². The van der Waals surface area contributed by atoms with Crippen molar-refractivity contribution in [3.8, 4) is 0 Å². The van der Waals surface area contributed by atoms with Crippen LogP contribution in [0.25, 0.3) is 0 Å². The highest BCUT2D eigenvalue weighted by molar-refractivity contribution is 6.31. The zero-order valence-electron chi connectivity index (χ0n) is 21.1. The quantitative estimate of drug-likeness (QED) is 0.125. The molecular weight excluding hydrogens is 455 g/mol. The number of hydrogen-bond donors (Lipinski definition) is 0. The molecule has 0 aliphatic heterocycles. The Kier molecular flexibility index (Phi) is 18.5. The predicted molar refractivity (Wildman–Crippen MR) is 136 cm³/mol. The van der Waals surface area contributed by atoms with Crippen LogP contribution in [0.3, 0.4) is 0 Å². The molecule has 34 heavy (non-hydrogen) atoms. The molecule has 0 atom stereocenters. The molecule has 6 heteroatoms. The van der Waals surface area contributed by atoms with Crippen LogP contribution in [0.5, 0.6) is 0 Å². The molecule has 194 valence electrons. The number of unbranched alkanes of at least 4 members (excludes halogenated alkanes) is 13. The summed E-state index contributed by atoms with van der Waals surface area (Å²) < 4.78 is 23.9. The number of rotatable bonds is 21. The van der Waals surface area contributed by atoms with Gasteiger partial charge in [-0.1, -0.05) is 108 Å². The van der Waals surface area contributed by atoms with Gasteiger partial charge in [-0.25, -0.2) is 4.39 Å². The lowest BCUT2D eigenvalue weighted by atomic mass is 10.0. The van der Waals surface area contributed by atoms with Gasteiger partial charge in [0, 0.05) is 18.4 Å². The Morgan fingerprint density at radius 1 is 0.735 bits per heavy atom. The van der Waals surface area contributed by atoms with Crippen LogP contribution in [-0.4, -0.2) is 18.5 Å². The summed E-state index contributed by atoms with van der Waals surface area (Å²) >= 11 is 5.90. The Hall–Kier alpha value is -1.62. The third-order valence-corrected chi connectivity index (χ3v) is 6.32. The first-order valence-electron chi connectivity index (χ1n) is 13.3. The Morgan fingerprint density at radius 2 is 1.24 bits per heavy atom. The van der Waals surface area contributed by atoms with Gasteiger partial charge in [-0.05, 0) is 25.0 Å². The van der Waals surface area contributed by atoms with Crippen molar-refractivity contribution in [3.63, 3.8) is 0 Å². The van der Waals surface area contributed by atoms with E-state index in [9.17, 15) is 14.0 Å². The molecule has 0 heterocycles. The number of halogens is 2. The van der Waals surface area contributed by atoms with Crippen LogP contribution in [0.2, 0.25) is 5.02 Å². The van der Waals surface area contributed by atoms with Crippen molar-refractivity contribution in [2.75, 3.05) is 6.61 Å². The molecule has 0 radical (unpaired) electrons. The number of carbonyl (C=O) groups excluding carboxylic acids is 2. The summed E-state index contributed by atoms with van der Waals surface area (Å²) in [5.41, 5.74) is 0.157. The molecule has 1 rings (SSSR count). The van der Waals surface area contributed by atoms with E-state index in [1.54, 1.807) is 6.07 Å². The zero-order valence-corrected chi connectivity index (χ0v) is 21.8. The lowest BCUT2D eigenvalue weighted by Crippen LogP contribution is -2.09.